The number of cyclic esters (lactones) is 2. The number of azide groups is 1. The first kappa shape index (κ1) is 119. The van der Waals surface area contributed by atoms with Gasteiger partial charge in [-0.2, -0.15) is 11.8 Å². The first-order chi connectivity index (χ1) is 67.4. The summed E-state index contributed by atoms with van der Waals surface area (Å²) in [7, 11) is 5.89. The average molecular weight is 2000 g/mol. The summed E-state index contributed by atoms with van der Waals surface area (Å²) >= 11 is 1.78. The van der Waals surface area contributed by atoms with E-state index < -0.39 is 162 Å². The van der Waals surface area contributed by atoms with Gasteiger partial charge >= 0.3 is 11.9 Å². The first-order valence-electron chi connectivity index (χ1n) is 52.0. The molecule has 31 heteroatoms. The van der Waals surface area contributed by atoms with Crippen LogP contribution in [-0.2, 0) is 97.2 Å². The molecule has 142 heavy (non-hydrogen) atoms. The normalized spacial score (nSPS) is 37.9. The Hall–Kier alpha value is -7.82. The fourth-order valence-electron chi connectivity index (χ4n) is 21.5. The number of esters is 2. The van der Waals surface area contributed by atoms with Crippen molar-refractivity contribution in [3.8, 4) is 0 Å². The van der Waals surface area contributed by atoms with Crippen molar-refractivity contribution in [2.75, 3.05) is 47.3 Å². The Kier molecular flexibility index (Phi) is 48.3. The van der Waals surface area contributed by atoms with E-state index in [-0.39, 0.29) is 128 Å². The molecule has 9 rings (SSSR count). The third-order valence-corrected chi connectivity index (χ3v) is 32.4. The van der Waals surface area contributed by atoms with Gasteiger partial charge in [-0.3, -0.25) is 38.4 Å². The van der Waals surface area contributed by atoms with Gasteiger partial charge in [-0.05, 0) is 251 Å². The van der Waals surface area contributed by atoms with Gasteiger partial charge < -0.3 is 83.1 Å². The van der Waals surface area contributed by atoms with Crippen LogP contribution in [0, 0.1) is 77.9 Å². The number of amides is 2. The highest BCUT2D eigenvalue weighted by Gasteiger charge is 2.56. The molecule has 0 radical (unpaired) electrons. The standard InChI is InChI=1S/C58H84N4O13.C53H83NO12S/c1-34-16-12-11-13-17-35(2)49(73-33-43-20-23-45(60-61-59)36(3)28-43)31-44-22-19-41(8)58(70,75-44)55(67)56(68)62-25-15-14-18-46(62)57(69)74-50(38(5)29-42-21-24-47(63)51(30-42)71-9)32-48(64)37(4)27-40(7)53(66)54(72-10)52(65)39(6)26-34;1-11-25-67-46-30-40-22-20-38(8)53(62,66-40)50(59)51(60)54-24-16-15-19-41(54)52(61)65-44(35(5)28-39-21-23-42(55)45(29-39)63-9)31-43(56)34(4)27-37(7)48(58)49(64-10)47(57)36(6)26-32(2)17-13-12-14-18-33(46)3/h11-13,16-17,20,23,27-28,34,37-39,41-42,44,46-47,49-51,53-54,63,66,70H,14-15,18-19,21-22,24-26,29-33H2,1-10H3;12-14,17-18,27,32,34-36,38-42,44-46,48-49,55,58,62H,11,15-16,19-26,28-31H2,1-10H3/b13-11+,16-12+,35-17+,40-27+;14-12+,17-13+,33-18+,37-27+/t34-,37-,38-,39-,41-,42+,44+,46+,47-,49?,50+,51-,53-,54+,58-;32-,34-,35-,36-,38-,39+,40+,41+,42-,44+,45-,46?,48-,49+,53-/m11/s1. The second kappa shape index (κ2) is 57.5. The largest absolute Gasteiger partial charge is 0.460 e. The zero-order valence-corrected chi connectivity index (χ0v) is 88.7. The Morgan fingerprint density at radius 1 is 0.521 bits per heavy atom. The minimum atomic E-state index is -2.51. The number of aliphatic hydroxyl groups excluding tert-OH is 4. The number of piperidine rings is 2. The second-order valence-corrected chi connectivity index (χ2v) is 43.5. The van der Waals surface area contributed by atoms with Gasteiger partial charge in [0.2, 0.25) is 11.6 Å². The minimum absolute atomic E-state index is 0.0176. The fourth-order valence-corrected chi connectivity index (χ4v) is 22.7. The van der Waals surface area contributed by atoms with E-state index in [9.17, 15) is 78.6 Å². The van der Waals surface area contributed by atoms with Crippen LogP contribution in [0.5, 0.6) is 0 Å². The highest BCUT2D eigenvalue weighted by atomic mass is 32.2. The van der Waals surface area contributed by atoms with Crippen LogP contribution in [0.3, 0.4) is 0 Å². The van der Waals surface area contributed by atoms with Crippen molar-refractivity contribution in [1.82, 2.24) is 9.80 Å². The molecule has 4 saturated heterocycles. The maximum Gasteiger partial charge on any atom is 0.329 e. The summed E-state index contributed by atoms with van der Waals surface area (Å²) in [6, 6.07) is 3.10. The summed E-state index contributed by atoms with van der Waals surface area (Å²) < 4.78 is 54.1. The Morgan fingerprint density at radius 2 is 0.958 bits per heavy atom. The topological polar surface area (TPSA) is 430 Å². The number of aryl methyl sites for hydroxylation is 1. The van der Waals surface area contributed by atoms with Gasteiger partial charge in [0.25, 0.3) is 23.4 Å². The molecule has 792 valence electrons. The zero-order valence-electron chi connectivity index (χ0n) is 87.9. The summed E-state index contributed by atoms with van der Waals surface area (Å²) in [5.41, 5.74) is 13.8. The molecule has 30 nitrogen and oxygen atoms in total. The number of ketones is 6. The van der Waals surface area contributed by atoms with E-state index in [1.165, 1.54) is 24.0 Å². The lowest BCUT2D eigenvalue weighted by Gasteiger charge is -2.43. The van der Waals surface area contributed by atoms with Crippen molar-refractivity contribution in [2.24, 2.45) is 76.1 Å². The number of thioether (sulfide) groups is 1. The van der Waals surface area contributed by atoms with Gasteiger partial charge in [0.1, 0.15) is 60.3 Å². The lowest BCUT2D eigenvalue weighted by Crippen LogP contribution is -2.61. The van der Waals surface area contributed by atoms with Crippen LogP contribution in [-0.4, -0.2) is 254 Å². The summed E-state index contributed by atoms with van der Waals surface area (Å²) in [5, 5.41) is 72.1. The Balaban J connectivity index is 0.000000350. The average Bonchev–Trinajstić information content (AvgIpc) is 0.771. The van der Waals surface area contributed by atoms with Crippen molar-refractivity contribution in [3.05, 3.63) is 135 Å². The summed E-state index contributed by atoms with van der Waals surface area (Å²) in [6.45, 7) is 29.8. The third kappa shape index (κ3) is 33.3. The molecule has 6 fully saturated rings. The van der Waals surface area contributed by atoms with Crippen LogP contribution in [0.2, 0.25) is 0 Å². The number of hydrogen-bond acceptors (Lipinski definition) is 27. The molecule has 2 unspecified atom stereocenters. The number of benzene rings is 1. The lowest BCUT2D eigenvalue weighted by molar-refractivity contribution is -0.266. The Labute approximate surface area is 846 Å². The van der Waals surface area contributed by atoms with Crippen LogP contribution in [0.1, 0.15) is 276 Å². The summed E-state index contributed by atoms with van der Waals surface area (Å²) in [4.78, 5) is 148. The number of carbonyl (C=O) groups is 10. The number of hydrogen-bond donors (Lipinski definition) is 6. The predicted octanol–water partition coefficient (Wildman–Crippen LogP) is 16.7. The smallest absolute Gasteiger partial charge is 0.329 e. The molecule has 2 aliphatic carbocycles. The van der Waals surface area contributed by atoms with Gasteiger partial charge in [-0.15, -0.1) is 0 Å². The number of allylic oxidation sites excluding steroid dienone is 12. The second-order valence-electron chi connectivity index (χ2n) is 42.2. The molecule has 1 aromatic carbocycles. The van der Waals surface area contributed by atoms with Crippen LogP contribution >= 0.6 is 11.8 Å². The molecule has 1 aromatic rings. The van der Waals surface area contributed by atoms with Crippen LogP contribution in [0.25, 0.3) is 10.4 Å². The number of nitrogens with zero attached hydrogens (tertiary/aromatic N) is 5. The number of fused-ring (bicyclic) bond motifs is 6. The molecule has 6 heterocycles. The van der Waals surface area contributed by atoms with E-state index >= 15 is 0 Å². The van der Waals surface area contributed by atoms with E-state index in [4.69, 9.17) is 48.2 Å². The van der Waals surface area contributed by atoms with Crippen molar-refractivity contribution >= 4 is 75.9 Å². The van der Waals surface area contributed by atoms with Crippen LogP contribution in [0.15, 0.2) is 119 Å². The van der Waals surface area contributed by atoms with Crippen molar-refractivity contribution in [2.45, 2.75) is 386 Å². The maximum atomic E-state index is 14.5. The van der Waals surface area contributed by atoms with Crippen LogP contribution < -0.4 is 0 Å². The molecular formula is C111H167N5O25S. The van der Waals surface area contributed by atoms with Gasteiger partial charge in [-0.25, -0.2) is 9.59 Å². The number of methoxy groups -OCH3 is 4. The molecule has 6 N–H and O–H groups in total. The van der Waals surface area contributed by atoms with Gasteiger partial charge in [0.05, 0.1) is 49.3 Å². The minimum Gasteiger partial charge on any atom is -0.460 e. The third-order valence-electron chi connectivity index (χ3n) is 30.8. The van der Waals surface area contributed by atoms with Crippen molar-refractivity contribution in [3.63, 3.8) is 0 Å². The molecular weight excluding hydrogens is 1840 g/mol. The van der Waals surface area contributed by atoms with Gasteiger partial charge in [0, 0.05) is 112 Å². The highest BCUT2D eigenvalue weighted by Crippen LogP contribution is 2.43. The zero-order chi connectivity index (χ0) is 105. The number of aliphatic hydroxyl groups is 6. The SMILES string of the molecule is CCCSC1C[C@@H]2CC[C@@H](C)[C@@](O)(O2)C(=O)C(=O)N2CCCC[C@H]2C(=O)O[C@H]([C@H](C)C[C@@H]2CC[C@@H](O)[C@H](OC)C2)CC(=O)[C@H](C)/C=C(\C)[C@@H](O)[C@@H](OC)C(=O)[C@H](C)C[C@H](C)/C=C/C=C/C=C/1C.CO[C@@H]1C[C@H](C[C@@H](C)[C@@H]2CC(=O)[C@H](C)/C=C(\C)[C@@H](O)[C@@H](OC)C(=O)[C@H](C)C[C@H](C)/C=C/C=C/C=C(\C)C(OCc3ccc(N=[N+]=[N-])c(C)c3)C[C@@H]3CC[C@@H](C)[C@@](O)(O3)C(=O)C(=O)N3CCCC[C@H]3C(=O)O2)CC[C@H]1O. The number of rotatable bonds is 17. The lowest BCUT2D eigenvalue weighted by atomic mass is 9.78. The monoisotopic (exact) mass is 2000 g/mol. The van der Waals surface area contributed by atoms with Gasteiger partial charge in [-0.1, -0.05) is 178 Å². The number of Topliss-reactive ketones (excluding diaryl/α,β-unsaturated/α-hetero) is 6. The highest BCUT2D eigenvalue weighted by molar-refractivity contribution is 8.00. The number of ether oxygens (including phenoxy) is 9. The Bertz CT molecular complexity index is 4690. The van der Waals surface area contributed by atoms with Crippen molar-refractivity contribution < 1.29 is 121 Å². The fraction of sp³-hybridized carbons (Fsp3) is 0.712. The molecule has 8 aliphatic rings. The molecule has 30 atom stereocenters. The number of carbonyl (C=O) groups excluding carboxylic acids is 10. The first-order valence-corrected chi connectivity index (χ1v) is 53.1. The summed E-state index contributed by atoms with van der Waals surface area (Å²) in [5.74, 6) is -15.2. The molecule has 4 bridgehead atoms. The molecule has 0 spiro atoms. The molecule has 2 amide bonds. The van der Waals surface area contributed by atoms with E-state index in [1.54, 1.807) is 92.7 Å². The molecule has 0 aromatic heterocycles. The van der Waals surface area contributed by atoms with E-state index in [0.29, 0.717) is 132 Å². The molecule has 2 saturated carbocycles. The van der Waals surface area contributed by atoms with Crippen LogP contribution in [0.4, 0.5) is 5.69 Å². The Morgan fingerprint density at radius 3 is 1.37 bits per heavy atom. The van der Waals surface area contributed by atoms with E-state index in [2.05, 4.69) is 23.9 Å². The maximum absolute atomic E-state index is 14.5. The van der Waals surface area contributed by atoms with E-state index in [1.807, 2.05) is 121 Å². The van der Waals surface area contributed by atoms with E-state index in [0.717, 1.165) is 40.9 Å². The van der Waals surface area contributed by atoms with Crippen molar-refractivity contribution in [1.29, 1.82) is 0 Å². The van der Waals surface area contributed by atoms with Gasteiger partial charge in [0.15, 0.2) is 11.6 Å². The summed E-state index contributed by atoms with van der Waals surface area (Å²) in [6.07, 6.45) is 23.8. The predicted molar refractivity (Wildman–Crippen MR) is 544 cm³/mol. The molecule has 6 aliphatic heterocycles. The quantitative estimate of drug-likeness (QED) is 0.0211.